The quantitative estimate of drug-likeness (QED) is 0.581. The molecule has 0 aromatic rings. The van der Waals surface area contributed by atoms with Crippen molar-refractivity contribution in [2.75, 3.05) is 7.05 Å². The third-order valence-corrected chi connectivity index (χ3v) is 2.96. The smallest absolute Gasteiger partial charge is 0.174 e. The molecule has 0 aliphatic carbocycles. The number of thioether (sulfide) groups is 1. The lowest BCUT2D eigenvalue weighted by atomic mass is 10.2. The Bertz CT molecular complexity index is 156. The molecular weight excluding hydrogens is 149 g/mol. The van der Waals surface area contributed by atoms with Crippen LogP contribution in [0.2, 0.25) is 0 Å². The summed E-state index contributed by atoms with van der Waals surface area (Å²) in [5.41, 5.74) is 0. The van der Waals surface area contributed by atoms with Gasteiger partial charge in [-0.25, -0.2) is 0 Å². The summed E-state index contributed by atoms with van der Waals surface area (Å²) in [6.45, 7) is 4.20. The van der Waals surface area contributed by atoms with E-state index in [4.69, 9.17) is 0 Å². The second kappa shape index (κ2) is 2.82. The molecule has 0 fully saturated rings. The number of halogens is 1. The van der Waals surface area contributed by atoms with E-state index in [9.17, 15) is 4.39 Å². The van der Waals surface area contributed by atoms with Gasteiger partial charge in [-0.1, -0.05) is 25.6 Å². The fourth-order valence-corrected chi connectivity index (χ4v) is 2.03. The number of hydrogen-bond donors (Lipinski definition) is 0. The van der Waals surface area contributed by atoms with Gasteiger partial charge in [-0.3, -0.25) is 0 Å². The molecule has 1 nitrogen and oxygen atoms in total. The van der Waals surface area contributed by atoms with E-state index < -0.39 is 0 Å². The van der Waals surface area contributed by atoms with Gasteiger partial charge in [0.1, 0.15) is 0 Å². The minimum atomic E-state index is -0.0683. The molecule has 1 rings (SSSR count). The Kier molecular flexibility index (Phi) is 2.24. The zero-order valence-electron chi connectivity index (χ0n) is 6.47. The van der Waals surface area contributed by atoms with Gasteiger partial charge < -0.3 is 4.90 Å². The van der Waals surface area contributed by atoms with E-state index in [0.29, 0.717) is 11.3 Å². The first-order valence-electron chi connectivity index (χ1n) is 3.37. The zero-order valence-corrected chi connectivity index (χ0v) is 7.28. The van der Waals surface area contributed by atoms with Gasteiger partial charge in [0.15, 0.2) is 5.16 Å². The van der Waals surface area contributed by atoms with Crippen molar-refractivity contribution < 1.29 is 4.39 Å². The molecule has 0 saturated carbocycles. The van der Waals surface area contributed by atoms with Crippen molar-refractivity contribution in [2.45, 2.75) is 19.2 Å². The topological polar surface area (TPSA) is 3.24 Å². The maximum Gasteiger partial charge on any atom is 0.174 e. The van der Waals surface area contributed by atoms with Crippen LogP contribution in [0.25, 0.3) is 0 Å². The average molecular weight is 161 g/mol. The van der Waals surface area contributed by atoms with Crippen molar-refractivity contribution in [1.82, 2.24) is 4.90 Å². The van der Waals surface area contributed by atoms with E-state index >= 15 is 0 Å². The summed E-state index contributed by atoms with van der Waals surface area (Å²) >= 11 is 1.30. The lowest BCUT2D eigenvalue weighted by Gasteiger charge is -2.22. The predicted molar refractivity (Wildman–Crippen MR) is 43.2 cm³/mol. The molecule has 1 heterocycles. The Hall–Kier alpha value is -0.180. The molecule has 1 aliphatic heterocycles. The summed E-state index contributed by atoms with van der Waals surface area (Å²) in [6, 6.07) is 0. The van der Waals surface area contributed by atoms with E-state index in [1.54, 1.807) is 6.20 Å². The lowest BCUT2D eigenvalue weighted by Crippen LogP contribution is -2.24. The fourth-order valence-electron chi connectivity index (χ4n) is 1.07. The maximum absolute atomic E-state index is 12.6. The summed E-state index contributed by atoms with van der Waals surface area (Å²) in [5.74, 6) is 0.500. The van der Waals surface area contributed by atoms with Crippen LogP contribution in [-0.4, -0.2) is 17.3 Å². The molecule has 1 atom stereocenters. The highest BCUT2D eigenvalue weighted by Gasteiger charge is 2.25. The Labute approximate surface area is 65.3 Å². The summed E-state index contributed by atoms with van der Waals surface area (Å²) < 4.78 is 12.6. The largest absolute Gasteiger partial charge is 0.365 e. The molecule has 0 aromatic carbocycles. The first-order valence-corrected chi connectivity index (χ1v) is 4.25. The Morgan fingerprint density at radius 2 is 2.30 bits per heavy atom. The third-order valence-electron chi connectivity index (χ3n) is 1.51. The second-order valence-electron chi connectivity index (χ2n) is 2.85. The van der Waals surface area contributed by atoms with Gasteiger partial charge in [0, 0.05) is 13.2 Å². The first-order chi connectivity index (χ1) is 4.61. The molecule has 1 aliphatic rings. The van der Waals surface area contributed by atoms with E-state index in [1.807, 2.05) is 11.9 Å². The molecule has 0 saturated heterocycles. The lowest BCUT2D eigenvalue weighted by molar-refractivity contribution is 0.359. The fraction of sp³-hybridized carbons (Fsp3) is 0.714. The molecule has 0 N–H and O–H groups in total. The maximum atomic E-state index is 12.6. The van der Waals surface area contributed by atoms with E-state index in [2.05, 4.69) is 13.8 Å². The summed E-state index contributed by atoms with van der Waals surface area (Å²) in [4.78, 5) is 1.92. The van der Waals surface area contributed by atoms with Crippen LogP contribution >= 0.6 is 11.8 Å². The van der Waals surface area contributed by atoms with Crippen molar-refractivity contribution in [3.05, 3.63) is 11.4 Å². The minimum absolute atomic E-state index is 0.0683. The molecule has 3 heteroatoms. The van der Waals surface area contributed by atoms with Crippen LogP contribution < -0.4 is 0 Å². The molecule has 0 amide bonds. The molecule has 0 bridgehead atoms. The summed E-state index contributed by atoms with van der Waals surface area (Å²) in [6.07, 6.45) is 1.55. The Morgan fingerprint density at radius 1 is 1.70 bits per heavy atom. The SMILES string of the molecule is CC(C)C1SC(F)=CN1C. The standard InChI is InChI=1S/C7H12FNS/c1-5(2)7-9(3)4-6(8)10-7/h4-5,7H,1-3H3. The summed E-state index contributed by atoms with van der Waals surface area (Å²) in [5, 5.41) is 0.223. The molecular formula is C7H12FNS. The number of rotatable bonds is 1. The highest BCUT2D eigenvalue weighted by Crippen LogP contribution is 2.36. The summed E-state index contributed by atoms with van der Waals surface area (Å²) in [7, 11) is 1.91. The van der Waals surface area contributed by atoms with Crippen LogP contribution in [0.5, 0.6) is 0 Å². The van der Waals surface area contributed by atoms with E-state index in [0.717, 1.165) is 0 Å². The normalized spacial score (nSPS) is 25.9. The molecule has 10 heavy (non-hydrogen) atoms. The van der Waals surface area contributed by atoms with Crippen LogP contribution in [0.15, 0.2) is 11.4 Å². The van der Waals surface area contributed by atoms with Gasteiger partial charge in [-0.05, 0) is 5.92 Å². The first kappa shape index (κ1) is 7.92. The van der Waals surface area contributed by atoms with Crippen LogP contribution in [-0.2, 0) is 0 Å². The van der Waals surface area contributed by atoms with Crippen LogP contribution in [0, 0.1) is 5.92 Å². The van der Waals surface area contributed by atoms with Gasteiger partial charge in [-0.2, -0.15) is 4.39 Å². The highest BCUT2D eigenvalue weighted by molar-refractivity contribution is 8.03. The average Bonchev–Trinajstić information content (AvgIpc) is 2.10. The van der Waals surface area contributed by atoms with Crippen LogP contribution in [0.4, 0.5) is 4.39 Å². The van der Waals surface area contributed by atoms with Gasteiger partial charge in [-0.15, -0.1) is 0 Å². The van der Waals surface area contributed by atoms with E-state index in [1.165, 1.54) is 11.8 Å². The Morgan fingerprint density at radius 3 is 2.50 bits per heavy atom. The van der Waals surface area contributed by atoms with Gasteiger partial charge in [0.25, 0.3) is 0 Å². The van der Waals surface area contributed by atoms with Crippen LogP contribution in [0.1, 0.15) is 13.8 Å². The van der Waals surface area contributed by atoms with Crippen molar-refractivity contribution in [3.8, 4) is 0 Å². The molecule has 58 valence electrons. The molecule has 0 radical (unpaired) electrons. The van der Waals surface area contributed by atoms with Gasteiger partial charge in [0.05, 0.1) is 5.37 Å². The van der Waals surface area contributed by atoms with Crippen molar-refractivity contribution in [2.24, 2.45) is 5.92 Å². The molecule has 0 spiro atoms. The van der Waals surface area contributed by atoms with Crippen molar-refractivity contribution in [3.63, 3.8) is 0 Å². The molecule has 1 unspecified atom stereocenters. The monoisotopic (exact) mass is 161 g/mol. The van der Waals surface area contributed by atoms with Gasteiger partial charge in [0.2, 0.25) is 0 Å². The highest BCUT2D eigenvalue weighted by atomic mass is 32.2. The van der Waals surface area contributed by atoms with Crippen LogP contribution in [0.3, 0.4) is 0 Å². The minimum Gasteiger partial charge on any atom is -0.365 e. The van der Waals surface area contributed by atoms with Crippen molar-refractivity contribution in [1.29, 1.82) is 0 Å². The Balaban J connectivity index is 2.55. The van der Waals surface area contributed by atoms with Gasteiger partial charge >= 0.3 is 0 Å². The third kappa shape index (κ3) is 1.45. The second-order valence-corrected chi connectivity index (χ2v) is 3.96. The molecule has 0 aromatic heterocycles. The van der Waals surface area contributed by atoms with E-state index in [-0.39, 0.29) is 5.16 Å². The van der Waals surface area contributed by atoms with Crippen molar-refractivity contribution >= 4 is 11.8 Å². The number of nitrogens with zero attached hydrogens (tertiary/aromatic N) is 1. The number of hydrogen-bond acceptors (Lipinski definition) is 2. The zero-order chi connectivity index (χ0) is 7.72. The predicted octanol–water partition coefficient (Wildman–Crippen LogP) is 2.42.